The van der Waals surface area contributed by atoms with Crippen LogP contribution in [0.1, 0.15) is 38.2 Å². The molecule has 1 fully saturated rings. The number of nitrogens with one attached hydrogen (secondary N) is 1. The van der Waals surface area contributed by atoms with E-state index in [-0.39, 0.29) is 18.2 Å². The number of rotatable bonds is 5. The van der Waals surface area contributed by atoms with Gasteiger partial charge in [-0.1, -0.05) is 42.5 Å². The van der Waals surface area contributed by atoms with Crippen molar-refractivity contribution in [1.29, 1.82) is 0 Å². The summed E-state index contributed by atoms with van der Waals surface area (Å²) in [7, 11) is 0. The number of carbonyl (C=O) groups is 1. The topological polar surface area (TPSA) is 38.3 Å². The summed E-state index contributed by atoms with van der Waals surface area (Å²) in [6, 6.07) is 10.0. The maximum absolute atomic E-state index is 11.8. The second-order valence-electron chi connectivity index (χ2n) is 5.27. The number of amides is 1. The van der Waals surface area contributed by atoms with Crippen LogP contribution in [0.15, 0.2) is 30.3 Å². The molecule has 1 aromatic carbocycles. The minimum atomic E-state index is -0.350. The van der Waals surface area contributed by atoms with Crippen LogP contribution < -0.4 is 5.32 Å². The molecule has 3 nitrogen and oxygen atoms in total. The van der Waals surface area contributed by atoms with Gasteiger partial charge in [0.15, 0.2) is 0 Å². The molecular weight excluding hydrogens is 302 g/mol. The van der Waals surface area contributed by atoms with Crippen LogP contribution in [0.2, 0.25) is 0 Å². The van der Waals surface area contributed by atoms with Crippen LogP contribution in [0.4, 0.5) is 4.79 Å². The molecule has 1 amide bonds. The molecule has 0 unspecified atom stereocenters. The van der Waals surface area contributed by atoms with Gasteiger partial charge >= 0.3 is 6.09 Å². The molecule has 114 valence electrons. The Labute approximate surface area is 135 Å². The smallest absolute Gasteiger partial charge is 0.407 e. The Kier molecular flexibility index (Phi) is 6.51. The first-order valence-electron chi connectivity index (χ1n) is 7.33. The largest absolute Gasteiger partial charge is 0.446 e. The van der Waals surface area contributed by atoms with E-state index in [1.54, 1.807) is 11.8 Å². The lowest BCUT2D eigenvalue weighted by Gasteiger charge is -2.17. The molecule has 0 heterocycles. The van der Waals surface area contributed by atoms with E-state index in [2.05, 4.69) is 17.4 Å². The summed E-state index contributed by atoms with van der Waals surface area (Å²) in [5, 5.41) is 2.82. The molecule has 0 aliphatic heterocycles. The van der Waals surface area contributed by atoms with Crippen molar-refractivity contribution in [1.82, 2.24) is 5.32 Å². The van der Waals surface area contributed by atoms with E-state index in [1.807, 2.05) is 25.1 Å². The fraction of sp³-hybridized carbons (Fsp3) is 0.500. The first kappa shape index (κ1) is 16.3. The Hall–Kier alpha value is -1.07. The monoisotopic (exact) mass is 323 g/mol. The molecule has 1 N–H and O–H groups in total. The Morgan fingerprint density at radius 1 is 1.38 bits per heavy atom. The van der Waals surface area contributed by atoms with Crippen molar-refractivity contribution < 1.29 is 9.53 Å². The summed E-state index contributed by atoms with van der Waals surface area (Å²) < 4.78 is 6.16. The molecule has 0 spiro atoms. The molecule has 0 saturated heterocycles. The summed E-state index contributed by atoms with van der Waals surface area (Å²) in [6.07, 6.45) is 4.00. The molecule has 0 bridgehead atoms. The van der Waals surface area contributed by atoms with Gasteiger partial charge in [0.2, 0.25) is 0 Å². The van der Waals surface area contributed by atoms with Gasteiger partial charge in [-0.2, -0.15) is 0 Å². The van der Waals surface area contributed by atoms with Gasteiger partial charge in [0.25, 0.3) is 0 Å². The average Bonchev–Trinajstić information content (AvgIpc) is 2.98. The average molecular weight is 323 g/mol. The molecule has 1 aromatic rings. The van der Waals surface area contributed by atoms with E-state index < -0.39 is 0 Å². The highest BCUT2D eigenvalue weighted by Gasteiger charge is 2.21. The fourth-order valence-electron chi connectivity index (χ4n) is 2.28. The number of hydrogen-bond acceptors (Lipinski definition) is 4. The van der Waals surface area contributed by atoms with Crippen LogP contribution in [0.5, 0.6) is 0 Å². The highest BCUT2D eigenvalue weighted by molar-refractivity contribution is 8.22. The van der Waals surface area contributed by atoms with Gasteiger partial charge in [-0.3, -0.25) is 0 Å². The first-order chi connectivity index (χ1) is 10.1. The van der Waals surface area contributed by atoms with Crippen molar-refractivity contribution in [3.05, 3.63) is 35.9 Å². The van der Waals surface area contributed by atoms with Gasteiger partial charge in [-0.05, 0) is 38.2 Å². The molecule has 2 rings (SSSR count). The number of thiocarbonyl (C=S) groups is 1. The van der Waals surface area contributed by atoms with Gasteiger partial charge in [-0.25, -0.2) is 4.79 Å². The number of carbonyl (C=O) groups excluding carboxylic acids is 1. The minimum Gasteiger partial charge on any atom is -0.446 e. The van der Waals surface area contributed by atoms with Gasteiger partial charge in [-0.15, -0.1) is 11.8 Å². The maximum atomic E-state index is 11.8. The van der Waals surface area contributed by atoms with Crippen molar-refractivity contribution >= 4 is 34.3 Å². The van der Waals surface area contributed by atoms with Gasteiger partial charge < -0.3 is 10.1 Å². The summed E-state index contributed by atoms with van der Waals surface area (Å²) in [6.45, 7) is 1.90. The van der Waals surface area contributed by atoms with E-state index in [9.17, 15) is 4.79 Å². The lowest BCUT2D eigenvalue weighted by molar-refractivity contribution is 0.100. The normalized spacial score (nSPS) is 16.4. The molecule has 0 radical (unpaired) electrons. The molecule has 21 heavy (non-hydrogen) atoms. The van der Waals surface area contributed by atoms with E-state index >= 15 is 0 Å². The Morgan fingerprint density at radius 2 is 2.05 bits per heavy atom. The summed E-state index contributed by atoms with van der Waals surface area (Å²) >= 11 is 6.95. The second-order valence-corrected chi connectivity index (χ2v) is 6.99. The van der Waals surface area contributed by atoms with Crippen molar-refractivity contribution in [3.8, 4) is 0 Å². The number of benzene rings is 1. The highest BCUT2D eigenvalue weighted by atomic mass is 32.2. The van der Waals surface area contributed by atoms with Crippen LogP contribution in [-0.4, -0.2) is 22.4 Å². The van der Waals surface area contributed by atoms with Crippen LogP contribution in [0.25, 0.3) is 0 Å². The van der Waals surface area contributed by atoms with Gasteiger partial charge in [0.05, 0.1) is 10.2 Å². The third-order valence-corrected chi connectivity index (χ3v) is 5.31. The second kappa shape index (κ2) is 8.39. The highest BCUT2D eigenvalue weighted by Crippen LogP contribution is 2.21. The van der Waals surface area contributed by atoms with E-state index in [0.717, 1.165) is 35.6 Å². The third kappa shape index (κ3) is 5.67. The fourth-order valence-corrected chi connectivity index (χ4v) is 3.33. The third-order valence-electron chi connectivity index (χ3n) is 3.49. The van der Waals surface area contributed by atoms with Gasteiger partial charge in [0, 0.05) is 5.75 Å². The molecule has 1 saturated carbocycles. The SMILES string of the molecule is C[C@@H](NC(=O)OC1CCCC1)C(=S)SCc1ccccc1. The standard InChI is InChI=1S/C16H21NO2S2/c1-12(17-16(18)19-14-9-5-6-10-14)15(20)21-11-13-7-3-2-4-8-13/h2-4,7-8,12,14H,5-6,9-11H2,1H3,(H,17,18)/t12-/m1/s1. The zero-order valence-corrected chi connectivity index (χ0v) is 13.8. The Balaban J connectivity index is 1.70. The van der Waals surface area contributed by atoms with Crippen LogP contribution in [0.3, 0.4) is 0 Å². The summed E-state index contributed by atoms with van der Waals surface area (Å²) in [5.41, 5.74) is 1.23. The number of alkyl carbamates (subject to hydrolysis) is 1. The predicted octanol–water partition coefficient (Wildman–Crippen LogP) is 4.30. The lowest BCUT2D eigenvalue weighted by Crippen LogP contribution is -2.38. The Bertz CT molecular complexity index is 472. The lowest BCUT2D eigenvalue weighted by atomic mass is 10.2. The van der Waals surface area contributed by atoms with Crippen LogP contribution in [-0.2, 0) is 10.5 Å². The van der Waals surface area contributed by atoms with Crippen molar-refractivity contribution in [2.24, 2.45) is 0 Å². The molecular formula is C16H21NO2S2. The first-order valence-corrected chi connectivity index (χ1v) is 8.72. The quantitative estimate of drug-likeness (QED) is 0.820. The zero-order chi connectivity index (χ0) is 15.1. The van der Waals surface area contributed by atoms with Crippen molar-refractivity contribution in [3.63, 3.8) is 0 Å². The summed E-state index contributed by atoms with van der Waals surface area (Å²) in [5.74, 6) is 0.823. The maximum Gasteiger partial charge on any atom is 0.407 e. The minimum absolute atomic E-state index is 0.0859. The summed E-state index contributed by atoms with van der Waals surface area (Å²) in [4.78, 5) is 11.8. The Morgan fingerprint density at radius 3 is 2.71 bits per heavy atom. The van der Waals surface area contributed by atoms with Crippen molar-refractivity contribution in [2.45, 2.75) is 50.5 Å². The van der Waals surface area contributed by atoms with E-state index in [4.69, 9.17) is 17.0 Å². The number of hydrogen-bond donors (Lipinski definition) is 1. The molecule has 1 aliphatic carbocycles. The molecule has 5 heteroatoms. The van der Waals surface area contributed by atoms with Crippen LogP contribution >= 0.6 is 24.0 Å². The predicted molar refractivity (Wildman–Crippen MR) is 91.7 cm³/mol. The number of thioether (sulfide) groups is 1. The zero-order valence-electron chi connectivity index (χ0n) is 12.2. The van der Waals surface area contributed by atoms with Crippen molar-refractivity contribution in [2.75, 3.05) is 0 Å². The van der Waals surface area contributed by atoms with Crippen LogP contribution in [0, 0.1) is 0 Å². The van der Waals surface area contributed by atoms with E-state index in [1.165, 1.54) is 5.56 Å². The van der Waals surface area contributed by atoms with Gasteiger partial charge in [0.1, 0.15) is 6.10 Å². The molecule has 1 aliphatic rings. The van der Waals surface area contributed by atoms with E-state index in [0.29, 0.717) is 0 Å². The number of ether oxygens (including phenoxy) is 1. The molecule has 0 aromatic heterocycles. The molecule has 1 atom stereocenters.